The molecular weight excluding hydrogens is 376 g/mol. The third-order valence-electron chi connectivity index (χ3n) is 4.64. The van der Waals surface area contributed by atoms with E-state index >= 15 is 0 Å². The monoisotopic (exact) mass is 392 g/mol. The van der Waals surface area contributed by atoms with E-state index in [1.165, 1.54) is 6.20 Å². The van der Waals surface area contributed by atoms with Gasteiger partial charge in [0.05, 0.1) is 34.7 Å². The summed E-state index contributed by atoms with van der Waals surface area (Å²) in [5.41, 5.74) is 4.95. The van der Waals surface area contributed by atoms with Gasteiger partial charge in [-0.2, -0.15) is 15.3 Å². The van der Waals surface area contributed by atoms with Crippen LogP contribution in [0.3, 0.4) is 0 Å². The highest BCUT2D eigenvalue weighted by atomic mass is 35.5. The molecule has 0 radical (unpaired) electrons. The molecule has 0 saturated carbocycles. The largest absolute Gasteiger partial charge is 0.361 e. The van der Waals surface area contributed by atoms with Crippen LogP contribution in [0.4, 0.5) is 5.82 Å². The van der Waals surface area contributed by atoms with Crippen molar-refractivity contribution in [2.45, 2.75) is 13.0 Å². The summed E-state index contributed by atoms with van der Waals surface area (Å²) in [4.78, 5) is 12.9. The van der Waals surface area contributed by atoms with E-state index in [0.717, 1.165) is 28.0 Å². The number of fused-ring (bicyclic) bond motifs is 1. The van der Waals surface area contributed by atoms with Crippen molar-refractivity contribution in [1.82, 2.24) is 29.3 Å². The van der Waals surface area contributed by atoms with Gasteiger partial charge >= 0.3 is 0 Å². The van der Waals surface area contributed by atoms with Crippen LogP contribution in [0, 0.1) is 11.3 Å². The fourth-order valence-corrected chi connectivity index (χ4v) is 3.33. The average Bonchev–Trinajstić information content (AvgIpc) is 3.26. The summed E-state index contributed by atoms with van der Waals surface area (Å²) in [6.07, 6.45) is 5.13. The minimum atomic E-state index is -0.243. The second-order valence-electron chi connectivity index (χ2n) is 6.47. The molecule has 0 amide bonds. The molecule has 4 aromatic rings. The lowest BCUT2D eigenvalue weighted by Crippen LogP contribution is -2.13. The van der Waals surface area contributed by atoms with Gasteiger partial charge < -0.3 is 9.88 Å². The van der Waals surface area contributed by atoms with E-state index < -0.39 is 0 Å². The molecule has 0 unspecified atom stereocenters. The number of hydrogen-bond donors (Lipinski definition) is 1. The molecule has 0 aliphatic heterocycles. The maximum Gasteiger partial charge on any atom is 0.224 e. The van der Waals surface area contributed by atoms with Crippen LogP contribution in [0.25, 0.3) is 22.3 Å². The Bertz CT molecular complexity index is 1220. The summed E-state index contributed by atoms with van der Waals surface area (Å²) in [6.45, 7) is 1.97. The van der Waals surface area contributed by atoms with Gasteiger partial charge in [-0.05, 0) is 36.7 Å². The fourth-order valence-electron chi connectivity index (χ4n) is 3.20. The summed E-state index contributed by atoms with van der Waals surface area (Å²) in [7, 11) is 3.88. The number of rotatable bonds is 4. The van der Waals surface area contributed by atoms with E-state index in [1.807, 2.05) is 48.6 Å². The fraction of sp³-hybridized carbons (Fsp3) is 0.211. The van der Waals surface area contributed by atoms with Gasteiger partial charge in [0.25, 0.3) is 0 Å². The Morgan fingerprint density at radius 1 is 1.25 bits per heavy atom. The number of nitrogens with one attached hydrogen (secondary N) is 1. The maximum absolute atomic E-state index is 9.34. The van der Waals surface area contributed by atoms with Crippen LogP contribution >= 0.6 is 11.6 Å². The van der Waals surface area contributed by atoms with E-state index in [9.17, 15) is 5.26 Å². The highest BCUT2D eigenvalue weighted by molar-refractivity contribution is 6.28. The van der Waals surface area contributed by atoms with Gasteiger partial charge in [-0.3, -0.25) is 4.68 Å². The van der Waals surface area contributed by atoms with Gasteiger partial charge in [-0.1, -0.05) is 0 Å². The number of nitrogens with zero attached hydrogens (tertiary/aromatic N) is 7. The average molecular weight is 393 g/mol. The first-order chi connectivity index (χ1) is 13.5. The minimum absolute atomic E-state index is 0.0760. The van der Waals surface area contributed by atoms with Gasteiger partial charge in [0.2, 0.25) is 5.28 Å². The number of hydrogen-bond acceptors (Lipinski definition) is 6. The first kappa shape index (κ1) is 17.9. The van der Waals surface area contributed by atoms with Crippen LogP contribution < -0.4 is 5.32 Å². The Hall–Kier alpha value is -3.44. The molecule has 0 saturated heterocycles. The summed E-state index contributed by atoms with van der Waals surface area (Å²) in [6, 6.07) is 7.86. The van der Waals surface area contributed by atoms with Gasteiger partial charge in [-0.15, -0.1) is 0 Å². The predicted molar refractivity (Wildman–Crippen MR) is 107 cm³/mol. The topological polar surface area (TPSA) is 97.2 Å². The SMILES string of the molecule is C[C@H](Nc1nc(Cl)ncc1C#N)c1nc2ccn(C)c2cc1-c1ccnn1C. The van der Waals surface area contributed by atoms with Gasteiger partial charge in [0.15, 0.2) is 0 Å². The van der Waals surface area contributed by atoms with E-state index in [0.29, 0.717) is 11.4 Å². The normalized spacial score (nSPS) is 12.1. The van der Waals surface area contributed by atoms with E-state index in [1.54, 1.807) is 6.20 Å². The van der Waals surface area contributed by atoms with Crippen LogP contribution in [0.1, 0.15) is 24.2 Å². The predicted octanol–water partition coefficient (Wildman–Crippen LogP) is 3.46. The minimum Gasteiger partial charge on any atom is -0.361 e. The molecule has 9 heteroatoms. The molecule has 28 heavy (non-hydrogen) atoms. The lowest BCUT2D eigenvalue weighted by atomic mass is 10.0. The van der Waals surface area contributed by atoms with Crippen molar-refractivity contribution in [3.63, 3.8) is 0 Å². The quantitative estimate of drug-likeness (QED) is 0.534. The van der Waals surface area contributed by atoms with Crippen molar-refractivity contribution >= 4 is 28.5 Å². The molecule has 8 nitrogen and oxygen atoms in total. The molecule has 0 fully saturated rings. The van der Waals surface area contributed by atoms with Crippen LogP contribution in [0.5, 0.6) is 0 Å². The zero-order valence-corrected chi connectivity index (χ0v) is 16.3. The number of aromatic nitrogens is 6. The second-order valence-corrected chi connectivity index (χ2v) is 6.81. The number of nitriles is 1. The first-order valence-electron chi connectivity index (χ1n) is 8.61. The summed E-state index contributed by atoms with van der Waals surface area (Å²) in [5.74, 6) is 0.376. The maximum atomic E-state index is 9.34. The summed E-state index contributed by atoms with van der Waals surface area (Å²) in [5, 5.41) is 17.0. The lowest BCUT2D eigenvalue weighted by molar-refractivity contribution is 0.769. The molecule has 0 aliphatic carbocycles. The Labute approximate surface area is 166 Å². The third kappa shape index (κ3) is 3.06. The molecule has 4 aromatic heterocycles. The Balaban J connectivity index is 1.84. The van der Waals surface area contributed by atoms with E-state index in [4.69, 9.17) is 16.6 Å². The number of anilines is 1. The molecule has 0 bridgehead atoms. The zero-order valence-electron chi connectivity index (χ0n) is 15.5. The summed E-state index contributed by atoms with van der Waals surface area (Å²) >= 11 is 5.92. The van der Waals surface area contributed by atoms with Gasteiger partial charge in [0, 0.05) is 32.1 Å². The van der Waals surface area contributed by atoms with Crippen LogP contribution in [-0.2, 0) is 14.1 Å². The van der Waals surface area contributed by atoms with Gasteiger partial charge in [0.1, 0.15) is 17.5 Å². The second kappa shape index (κ2) is 6.94. The van der Waals surface area contributed by atoms with E-state index in [2.05, 4.69) is 32.5 Å². The molecule has 4 rings (SSSR count). The van der Waals surface area contributed by atoms with Crippen molar-refractivity contribution < 1.29 is 0 Å². The van der Waals surface area contributed by atoms with Crippen LogP contribution in [0.15, 0.2) is 36.8 Å². The molecular formula is C19H17ClN8. The van der Waals surface area contributed by atoms with Crippen LogP contribution in [-0.4, -0.2) is 29.3 Å². The van der Waals surface area contributed by atoms with Crippen molar-refractivity contribution in [3.8, 4) is 17.3 Å². The molecule has 140 valence electrons. The number of halogens is 1. The molecule has 4 heterocycles. The van der Waals surface area contributed by atoms with Crippen LogP contribution in [0.2, 0.25) is 5.28 Å². The lowest BCUT2D eigenvalue weighted by Gasteiger charge is -2.19. The molecule has 0 aliphatic rings. The summed E-state index contributed by atoms with van der Waals surface area (Å²) < 4.78 is 3.84. The molecule has 0 aromatic carbocycles. The Morgan fingerprint density at radius 3 is 2.79 bits per heavy atom. The van der Waals surface area contributed by atoms with Crippen molar-refractivity contribution in [1.29, 1.82) is 5.26 Å². The Kier molecular flexibility index (Phi) is 4.45. The number of pyridine rings is 1. The Morgan fingerprint density at radius 2 is 2.07 bits per heavy atom. The molecule has 0 spiro atoms. The van der Waals surface area contributed by atoms with Crippen molar-refractivity contribution in [2.75, 3.05) is 5.32 Å². The third-order valence-corrected chi connectivity index (χ3v) is 4.82. The first-order valence-corrected chi connectivity index (χ1v) is 8.99. The standard InChI is InChI=1S/C19H17ClN8/c1-11(24-18-12(9-21)10-22-19(20)26-18)17-13(15-4-6-23-28(15)3)8-16-14(25-17)5-7-27(16)2/h4-8,10-11H,1-3H3,(H,22,24,26)/t11-/m0/s1. The van der Waals surface area contributed by atoms with Crippen molar-refractivity contribution in [3.05, 3.63) is 53.3 Å². The molecule has 1 atom stereocenters. The van der Waals surface area contributed by atoms with Crippen molar-refractivity contribution in [2.24, 2.45) is 14.1 Å². The highest BCUT2D eigenvalue weighted by Crippen LogP contribution is 2.32. The van der Waals surface area contributed by atoms with Gasteiger partial charge in [-0.25, -0.2) is 9.97 Å². The molecule has 1 N–H and O–H groups in total. The highest BCUT2D eigenvalue weighted by Gasteiger charge is 2.20. The smallest absolute Gasteiger partial charge is 0.224 e. The van der Waals surface area contributed by atoms with E-state index in [-0.39, 0.29) is 11.3 Å². The number of aryl methyl sites for hydroxylation is 2. The zero-order chi connectivity index (χ0) is 19.8.